The highest BCUT2D eigenvalue weighted by molar-refractivity contribution is 5.77. The van der Waals surface area contributed by atoms with Crippen molar-refractivity contribution in [2.24, 2.45) is 34.0 Å². The lowest BCUT2D eigenvalue weighted by atomic mass is 9.40. The first-order valence-corrected chi connectivity index (χ1v) is 10.6. The highest BCUT2D eigenvalue weighted by Crippen LogP contribution is 2.72. The molecule has 27 heavy (non-hydrogen) atoms. The maximum atomic E-state index is 12.8. The van der Waals surface area contributed by atoms with Crippen LogP contribution in [0.15, 0.2) is 12.2 Å². The van der Waals surface area contributed by atoms with E-state index >= 15 is 0 Å². The standard InChI is InChI=1S/C23H34O4/c1-14-12-23-11-8-17-21(3,20(25)26-5)10-9-19(27-15(2)24)22(17,4)18(23)7-6-16(14)13-23/h16-19H,1,6-13H2,2-5H3/t16-,17+,18-,19-,21+,22+,23+/m0/s1. The summed E-state index contributed by atoms with van der Waals surface area (Å²) in [6, 6.07) is 0. The van der Waals surface area contributed by atoms with E-state index in [-0.39, 0.29) is 34.8 Å². The summed E-state index contributed by atoms with van der Waals surface area (Å²) in [6.07, 6.45) is 8.24. The molecule has 2 bridgehead atoms. The maximum Gasteiger partial charge on any atom is 0.311 e. The van der Waals surface area contributed by atoms with Gasteiger partial charge in [0.05, 0.1) is 12.5 Å². The molecule has 0 aromatic carbocycles. The van der Waals surface area contributed by atoms with Crippen molar-refractivity contribution in [1.29, 1.82) is 0 Å². The van der Waals surface area contributed by atoms with Gasteiger partial charge in [-0.2, -0.15) is 0 Å². The van der Waals surface area contributed by atoms with Gasteiger partial charge in [0.15, 0.2) is 0 Å². The van der Waals surface area contributed by atoms with Crippen LogP contribution in [0.5, 0.6) is 0 Å². The summed E-state index contributed by atoms with van der Waals surface area (Å²) in [4.78, 5) is 24.8. The van der Waals surface area contributed by atoms with Gasteiger partial charge in [0.25, 0.3) is 0 Å². The van der Waals surface area contributed by atoms with Crippen molar-refractivity contribution in [3.8, 4) is 0 Å². The Hall–Kier alpha value is -1.32. The van der Waals surface area contributed by atoms with Crippen LogP contribution in [0.3, 0.4) is 0 Å². The fourth-order valence-corrected chi connectivity index (χ4v) is 8.10. The first kappa shape index (κ1) is 19.0. The molecule has 0 aromatic rings. The predicted molar refractivity (Wildman–Crippen MR) is 103 cm³/mol. The molecule has 0 saturated heterocycles. The molecule has 4 aliphatic rings. The van der Waals surface area contributed by atoms with Crippen LogP contribution in [0, 0.1) is 34.0 Å². The number of rotatable bonds is 2. The minimum absolute atomic E-state index is 0.0968. The summed E-state index contributed by atoms with van der Waals surface area (Å²) < 4.78 is 11.2. The van der Waals surface area contributed by atoms with Gasteiger partial charge < -0.3 is 9.47 Å². The van der Waals surface area contributed by atoms with E-state index in [9.17, 15) is 9.59 Å². The summed E-state index contributed by atoms with van der Waals surface area (Å²) in [6.45, 7) is 10.3. The fraction of sp³-hybridized carbons (Fsp3) is 0.826. The molecule has 4 saturated carbocycles. The van der Waals surface area contributed by atoms with Gasteiger partial charge in [-0.15, -0.1) is 0 Å². The van der Waals surface area contributed by atoms with Crippen molar-refractivity contribution in [3.05, 3.63) is 12.2 Å². The number of hydrogen-bond acceptors (Lipinski definition) is 4. The normalized spacial score (nSPS) is 48.4. The minimum atomic E-state index is -0.492. The second-order valence-corrected chi connectivity index (χ2v) is 10.2. The van der Waals surface area contributed by atoms with Crippen LogP contribution in [-0.2, 0) is 19.1 Å². The zero-order valence-corrected chi connectivity index (χ0v) is 17.3. The first-order valence-electron chi connectivity index (χ1n) is 10.6. The maximum absolute atomic E-state index is 12.8. The number of fused-ring (bicyclic) bond motifs is 3. The van der Waals surface area contributed by atoms with Gasteiger partial charge in [-0.1, -0.05) is 19.1 Å². The van der Waals surface area contributed by atoms with Gasteiger partial charge in [-0.25, -0.2) is 0 Å². The molecule has 0 aromatic heterocycles. The van der Waals surface area contributed by atoms with E-state index in [2.05, 4.69) is 20.4 Å². The molecular formula is C23H34O4. The lowest BCUT2D eigenvalue weighted by molar-refractivity contribution is -0.222. The number of carbonyl (C=O) groups is 2. The van der Waals surface area contributed by atoms with Gasteiger partial charge in [-0.05, 0) is 81.5 Å². The van der Waals surface area contributed by atoms with Crippen molar-refractivity contribution in [3.63, 3.8) is 0 Å². The molecule has 0 amide bonds. The van der Waals surface area contributed by atoms with Crippen LogP contribution in [0.2, 0.25) is 0 Å². The van der Waals surface area contributed by atoms with E-state index in [4.69, 9.17) is 9.47 Å². The summed E-state index contributed by atoms with van der Waals surface area (Å²) in [7, 11) is 1.50. The molecular weight excluding hydrogens is 340 g/mol. The van der Waals surface area contributed by atoms with Crippen molar-refractivity contribution in [1.82, 2.24) is 0 Å². The van der Waals surface area contributed by atoms with Gasteiger partial charge in [-0.3, -0.25) is 9.59 Å². The first-order chi connectivity index (χ1) is 12.7. The lowest BCUT2D eigenvalue weighted by Gasteiger charge is -2.65. The van der Waals surface area contributed by atoms with Crippen LogP contribution < -0.4 is 0 Å². The van der Waals surface area contributed by atoms with Crippen molar-refractivity contribution in [2.45, 2.75) is 78.2 Å². The van der Waals surface area contributed by atoms with Crippen LogP contribution in [0.25, 0.3) is 0 Å². The highest BCUT2D eigenvalue weighted by atomic mass is 16.5. The van der Waals surface area contributed by atoms with E-state index in [1.54, 1.807) is 0 Å². The molecule has 0 unspecified atom stereocenters. The van der Waals surface area contributed by atoms with Crippen molar-refractivity contribution in [2.75, 3.05) is 7.11 Å². The van der Waals surface area contributed by atoms with Crippen LogP contribution >= 0.6 is 0 Å². The Morgan fingerprint density at radius 3 is 2.48 bits per heavy atom. The number of methoxy groups -OCH3 is 1. The van der Waals surface area contributed by atoms with Gasteiger partial charge in [0.1, 0.15) is 6.10 Å². The van der Waals surface area contributed by atoms with E-state index in [1.807, 2.05) is 0 Å². The molecule has 0 radical (unpaired) electrons. The van der Waals surface area contributed by atoms with E-state index < -0.39 is 5.41 Å². The molecule has 4 heteroatoms. The summed E-state index contributed by atoms with van der Waals surface area (Å²) >= 11 is 0. The van der Waals surface area contributed by atoms with Gasteiger partial charge >= 0.3 is 11.9 Å². The Bertz CT molecular complexity index is 684. The largest absolute Gasteiger partial charge is 0.469 e. The molecule has 0 heterocycles. The number of esters is 2. The lowest BCUT2D eigenvalue weighted by Crippen LogP contribution is -2.64. The average molecular weight is 375 g/mol. The topological polar surface area (TPSA) is 52.6 Å². The highest BCUT2D eigenvalue weighted by Gasteiger charge is 2.68. The van der Waals surface area contributed by atoms with E-state index in [0.29, 0.717) is 11.8 Å². The smallest absolute Gasteiger partial charge is 0.311 e. The van der Waals surface area contributed by atoms with Gasteiger partial charge in [0, 0.05) is 12.3 Å². The van der Waals surface area contributed by atoms with Gasteiger partial charge in [0.2, 0.25) is 0 Å². The van der Waals surface area contributed by atoms with Crippen LogP contribution in [0.4, 0.5) is 0 Å². The average Bonchev–Trinajstić information content (AvgIpc) is 2.85. The Balaban J connectivity index is 1.79. The number of carbonyl (C=O) groups excluding carboxylic acids is 2. The molecule has 1 spiro atoms. The third-order valence-electron chi connectivity index (χ3n) is 9.13. The summed E-state index contributed by atoms with van der Waals surface area (Å²) in [5.41, 5.74) is 1.04. The van der Waals surface area contributed by atoms with Crippen LogP contribution in [0.1, 0.15) is 72.1 Å². The van der Waals surface area contributed by atoms with Crippen molar-refractivity contribution < 1.29 is 19.1 Å². The molecule has 0 aliphatic heterocycles. The third kappa shape index (κ3) is 2.47. The minimum Gasteiger partial charge on any atom is -0.469 e. The fourth-order valence-electron chi connectivity index (χ4n) is 8.10. The predicted octanol–water partition coefficient (Wildman–Crippen LogP) is 4.67. The molecule has 150 valence electrons. The van der Waals surface area contributed by atoms with Crippen LogP contribution in [-0.4, -0.2) is 25.2 Å². The number of hydrogen-bond donors (Lipinski definition) is 0. The Labute approximate surface area is 163 Å². The quantitative estimate of drug-likeness (QED) is 0.521. The molecule has 4 nitrogen and oxygen atoms in total. The molecule has 0 N–H and O–H groups in total. The van der Waals surface area contributed by atoms with E-state index in [0.717, 1.165) is 38.5 Å². The third-order valence-corrected chi connectivity index (χ3v) is 9.13. The number of allylic oxidation sites excluding steroid dienone is 1. The summed E-state index contributed by atoms with van der Waals surface area (Å²) in [5, 5.41) is 0. The summed E-state index contributed by atoms with van der Waals surface area (Å²) in [5.74, 6) is 1.04. The SMILES string of the molecule is C=C1C[C@@]23CC[C@H]4[C@@](C)([C@@H](OC(C)=O)CC[C@@]4(C)C(=O)OC)[C@@H]2CC[C@H]1C3. The second kappa shape index (κ2) is 6.09. The molecule has 4 fully saturated rings. The molecule has 7 atom stereocenters. The molecule has 4 rings (SSSR count). The van der Waals surface area contributed by atoms with E-state index in [1.165, 1.54) is 32.4 Å². The zero-order valence-electron chi connectivity index (χ0n) is 17.3. The monoisotopic (exact) mass is 374 g/mol. The Morgan fingerprint density at radius 2 is 1.81 bits per heavy atom. The Morgan fingerprint density at radius 1 is 1.07 bits per heavy atom. The number of ether oxygens (including phenoxy) is 2. The second-order valence-electron chi connectivity index (χ2n) is 10.2. The Kier molecular flexibility index (Phi) is 4.29. The zero-order chi connectivity index (χ0) is 19.6. The van der Waals surface area contributed by atoms with Crippen molar-refractivity contribution >= 4 is 11.9 Å². The molecule has 4 aliphatic carbocycles.